The maximum atomic E-state index is 12.1. The quantitative estimate of drug-likeness (QED) is 0.916. The van der Waals surface area contributed by atoms with E-state index in [-0.39, 0.29) is 5.91 Å². The van der Waals surface area contributed by atoms with E-state index in [0.29, 0.717) is 23.6 Å². The monoisotopic (exact) mass is 272 g/mol. The molecule has 7 nitrogen and oxygen atoms in total. The van der Waals surface area contributed by atoms with Crippen LogP contribution in [0.3, 0.4) is 0 Å². The Morgan fingerprint density at radius 1 is 1.40 bits per heavy atom. The molecule has 20 heavy (non-hydrogen) atoms. The van der Waals surface area contributed by atoms with Crippen LogP contribution in [0.1, 0.15) is 54.7 Å². The molecule has 1 aliphatic rings. The topological polar surface area (TPSA) is 85.6 Å². The number of carbonyl (C=O) groups is 1. The lowest BCUT2D eigenvalue weighted by Crippen LogP contribution is -2.17. The number of hydrogen-bond donors (Lipinski definition) is 1. The highest BCUT2D eigenvalue weighted by atomic mass is 16.2. The molecule has 2 aromatic rings. The van der Waals surface area contributed by atoms with Gasteiger partial charge in [0.1, 0.15) is 5.69 Å². The van der Waals surface area contributed by atoms with Gasteiger partial charge in [0, 0.05) is 6.20 Å². The summed E-state index contributed by atoms with van der Waals surface area (Å²) in [6.45, 7) is 4.17. The average Bonchev–Trinajstić information content (AvgIpc) is 3.19. The van der Waals surface area contributed by atoms with Crippen LogP contribution in [0.25, 0.3) is 0 Å². The van der Waals surface area contributed by atoms with Crippen molar-refractivity contribution in [3.05, 3.63) is 29.6 Å². The fourth-order valence-corrected chi connectivity index (χ4v) is 1.89. The minimum absolute atomic E-state index is 0.294. The van der Waals surface area contributed by atoms with Gasteiger partial charge in [0.25, 0.3) is 5.91 Å². The number of amides is 1. The van der Waals surface area contributed by atoms with Gasteiger partial charge in [-0.15, -0.1) is 0 Å². The van der Waals surface area contributed by atoms with Crippen molar-refractivity contribution in [2.45, 2.75) is 38.6 Å². The molecule has 2 aromatic heterocycles. The predicted molar refractivity (Wildman–Crippen MR) is 72.4 cm³/mol. The van der Waals surface area contributed by atoms with E-state index in [1.54, 1.807) is 16.9 Å². The van der Waals surface area contributed by atoms with Crippen molar-refractivity contribution in [1.82, 2.24) is 25.2 Å². The van der Waals surface area contributed by atoms with Gasteiger partial charge < -0.3 is 0 Å². The molecule has 104 valence electrons. The van der Waals surface area contributed by atoms with Gasteiger partial charge in [-0.1, -0.05) is 25.0 Å². The van der Waals surface area contributed by atoms with Crippen molar-refractivity contribution in [2.24, 2.45) is 0 Å². The number of hydrogen-bond acceptors (Lipinski definition) is 5. The van der Waals surface area contributed by atoms with E-state index < -0.39 is 0 Å². The molecule has 0 aromatic carbocycles. The number of anilines is 1. The van der Waals surface area contributed by atoms with Gasteiger partial charge in [-0.2, -0.15) is 0 Å². The predicted octanol–water partition coefficient (Wildman–Crippen LogP) is 1.78. The molecule has 0 unspecified atom stereocenters. The maximum absolute atomic E-state index is 12.1. The molecule has 1 saturated carbocycles. The van der Waals surface area contributed by atoms with E-state index >= 15 is 0 Å². The van der Waals surface area contributed by atoms with Gasteiger partial charge in [-0.05, 0) is 40.8 Å². The molecule has 1 N–H and O–H groups in total. The van der Waals surface area contributed by atoms with Gasteiger partial charge in [-0.3, -0.25) is 15.1 Å². The number of nitrogens with zero attached hydrogens (tertiary/aromatic N) is 5. The Morgan fingerprint density at radius 2 is 2.20 bits per heavy atom. The number of aromatic nitrogens is 5. The van der Waals surface area contributed by atoms with Gasteiger partial charge >= 0.3 is 0 Å². The van der Waals surface area contributed by atoms with Crippen molar-refractivity contribution in [3.63, 3.8) is 0 Å². The first-order chi connectivity index (χ1) is 9.65. The molecule has 0 atom stereocenters. The summed E-state index contributed by atoms with van der Waals surface area (Å²) in [4.78, 5) is 16.3. The van der Waals surface area contributed by atoms with Gasteiger partial charge in [0.05, 0.1) is 6.04 Å². The Kier molecular flexibility index (Phi) is 3.17. The van der Waals surface area contributed by atoms with E-state index in [2.05, 4.69) is 39.7 Å². The first-order valence-electron chi connectivity index (χ1n) is 6.70. The number of nitrogens with one attached hydrogen (secondary N) is 1. The zero-order valence-corrected chi connectivity index (χ0v) is 11.4. The third-order valence-electron chi connectivity index (χ3n) is 3.30. The molecule has 1 amide bonds. The van der Waals surface area contributed by atoms with Gasteiger partial charge in [0.2, 0.25) is 5.95 Å². The van der Waals surface area contributed by atoms with Crippen molar-refractivity contribution >= 4 is 11.9 Å². The standard InChI is InChI=1S/C13H16N6O/c1-8(2)9-3-6-11(14-7-9)12(20)15-13-16-17-18-19(13)10-4-5-10/h3,6-8,10H,4-5H2,1-2H3,(H,15,16,18,20). The second kappa shape index (κ2) is 4.99. The fourth-order valence-electron chi connectivity index (χ4n) is 1.89. The number of carbonyl (C=O) groups excluding carboxylic acids is 1. The first kappa shape index (κ1) is 12.7. The smallest absolute Gasteiger partial charge is 0.276 e. The molecular weight excluding hydrogens is 256 g/mol. The zero-order chi connectivity index (χ0) is 14.1. The highest BCUT2D eigenvalue weighted by molar-refractivity contribution is 6.01. The molecule has 2 heterocycles. The van der Waals surface area contributed by atoms with Crippen LogP contribution in [-0.2, 0) is 0 Å². The Morgan fingerprint density at radius 3 is 2.80 bits per heavy atom. The van der Waals surface area contributed by atoms with Gasteiger partial charge in [-0.25, -0.2) is 4.68 Å². The molecule has 1 fully saturated rings. The zero-order valence-electron chi connectivity index (χ0n) is 11.4. The van der Waals surface area contributed by atoms with Crippen LogP contribution in [-0.4, -0.2) is 31.1 Å². The molecule has 0 saturated heterocycles. The normalized spacial score (nSPS) is 14.6. The SMILES string of the molecule is CC(C)c1ccc(C(=O)Nc2nnnn2C2CC2)nc1. The lowest BCUT2D eigenvalue weighted by molar-refractivity contribution is 0.102. The lowest BCUT2D eigenvalue weighted by atomic mass is 10.1. The Balaban J connectivity index is 1.73. The summed E-state index contributed by atoms with van der Waals surface area (Å²) >= 11 is 0. The molecule has 3 rings (SSSR count). The first-order valence-corrected chi connectivity index (χ1v) is 6.70. The van der Waals surface area contributed by atoms with Crippen molar-refractivity contribution in [3.8, 4) is 0 Å². The van der Waals surface area contributed by atoms with E-state index in [4.69, 9.17) is 0 Å². The Hall–Kier alpha value is -2.31. The summed E-state index contributed by atoms with van der Waals surface area (Å²) in [5.41, 5.74) is 1.46. The molecular formula is C13H16N6O. The largest absolute Gasteiger partial charge is 0.288 e. The fraction of sp³-hybridized carbons (Fsp3) is 0.462. The summed E-state index contributed by atoms with van der Waals surface area (Å²) in [6.07, 6.45) is 3.83. The summed E-state index contributed by atoms with van der Waals surface area (Å²) in [5, 5.41) is 14.0. The molecule has 0 bridgehead atoms. The van der Waals surface area contributed by atoms with Crippen LogP contribution in [0.2, 0.25) is 0 Å². The van der Waals surface area contributed by atoms with Crippen LogP contribution in [0.15, 0.2) is 18.3 Å². The molecule has 0 spiro atoms. The number of tetrazole rings is 1. The third-order valence-corrected chi connectivity index (χ3v) is 3.30. The maximum Gasteiger partial charge on any atom is 0.276 e. The van der Waals surface area contributed by atoms with Crippen LogP contribution < -0.4 is 5.32 Å². The van der Waals surface area contributed by atoms with Crippen LogP contribution in [0.4, 0.5) is 5.95 Å². The van der Waals surface area contributed by atoms with E-state index in [1.807, 2.05) is 6.07 Å². The Labute approximate surface area is 116 Å². The van der Waals surface area contributed by atoms with Crippen LogP contribution in [0.5, 0.6) is 0 Å². The Bertz CT molecular complexity index is 614. The van der Waals surface area contributed by atoms with Crippen molar-refractivity contribution in [2.75, 3.05) is 5.32 Å². The molecule has 0 radical (unpaired) electrons. The highest BCUT2D eigenvalue weighted by Gasteiger charge is 2.28. The van der Waals surface area contributed by atoms with Gasteiger partial charge in [0.15, 0.2) is 0 Å². The number of rotatable bonds is 4. The molecule has 7 heteroatoms. The van der Waals surface area contributed by atoms with E-state index in [9.17, 15) is 4.79 Å². The average molecular weight is 272 g/mol. The van der Waals surface area contributed by atoms with E-state index in [0.717, 1.165) is 18.4 Å². The molecule has 0 aliphatic heterocycles. The summed E-state index contributed by atoms with van der Waals surface area (Å²) in [6, 6.07) is 3.95. The number of pyridine rings is 1. The summed E-state index contributed by atoms with van der Waals surface area (Å²) in [5.74, 6) is 0.478. The summed E-state index contributed by atoms with van der Waals surface area (Å²) in [7, 11) is 0. The summed E-state index contributed by atoms with van der Waals surface area (Å²) < 4.78 is 1.65. The van der Waals surface area contributed by atoms with E-state index in [1.165, 1.54) is 0 Å². The van der Waals surface area contributed by atoms with Crippen LogP contribution >= 0.6 is 0 Å². The van der Waals surface area contributed by atoms with Crippen molar-refractivity contribution < 1.29 is 4.79 Å². The third kappa shape index (κ3) is 2.52. The minimum atomic E-state index is -0.294. The molecule has 1 aliphatic carbocycles. The minimum Gasteiger partial charge on any atom is -0.288 e. The second-order valence-electron chi connectivity index (χ2n) is 5.26. The second-order valence-corrected chi connectivity index (χ2v) is 5.26. The van der Waals surface area contributed by atoms with Crippen molar-refractivity contribution in [1.29, 1.82) is 0 Å². The van der Waals surface area contributed by atoms with Crippen LogP contribution in [0, 0.1) is 0 Å². The lowest BCUT2D eigenvalue weighted by Gasteiger charge is -2.07. The highest BCUT2D eigenvalue weighted by Crippen LogP contribution is 2.35.